The third kappa shape index (κ3) is 1.05. The van der Waals surface area contributed by atoms with Crippen molar-refractivity contribution in [2.75, 3.05) is 0 Å². The molecule has 0 nitrogen and oxygen atoms in total. The van der Waals surface area contributed by atoms with Crippen molar-refractivity contribution in [3.05, 3.63) is 34.0 Å². The van der Waals surface area contributed by atoms with Gasteiger partial charge in [-0.25, -0.2) is 0 Å². The van der Waals surface area contributed by atoms with Crippen molar-refractivity contribution in [1.82, 2.24) is 0 Å². The first kappa shape index (κ1) is 6.86. The summed E-state index contributed by atoms with van der Waals surface area (Å²) in [6, 6.07) is 6.48. The van der Waals surface area contributed by atoms with Crippen LogP contribution in [0.3, 0.4) is 0 Å². The fourth-order valence-electron chi connectivity index (χ4n) is 1.22. The van der Waals surface area contributed by atoms with Crippen LogP contribution in [-0.4, -0.2) is 0 Å². The van der Waals surface area contributed by atoms with E-state index in [1.54, 1.807) is 11.3 Å². The number of hydrogen-bond acceptors (Lipinski definition) is 1. The molecule has 1 aromatic heterocycles. The third-order valence-electron chi connectivity index (χ3n) is 1.87. The minimum absolute atomic E-state index is 1.25. The number of fused-ring (bicyclic) bond motifs is 1. The van der Waals surface area contributed by atoms with E-state index in [2.05, 4.69) is 37.4 Å². The van der Waals surface area contributed by atoms with Crippen molar-refractivity contribution >= 4 is 22.1 Å². The number of benzene rings is 1. The monoisotopic (exact) mass is 161 g/mol. The average molecular weight is 161 g/mol. The van der Waals surface area contributed by atoms with Gasteiger partial charge in [0.05, 0.1) is 5.38 Å². The van der Waals surface area contributed by atoms with E-state index in [1.165, 1.54) is 21.2 Å². The summed E-state index contributed by atoms with van der Waals surface area (Å²) >= 11 is 1.70. The Labute approximate surface area is 70.5 Å². The van der Waals surface area contributed by atoms with Gasteiger partial charge in [-0.1, -0.05) is 23.8 Å². The maximum atomic E-state index is 3.26. The van der Waals surface area contributed by atoms with Crippen molar-refractivity contribution in [3.8, 4) is 0 Å². The lowest BCUT2D eigenvalue weighted by atomic mass is 10.1. The number of rotatable bonds is 0. The topological polar surface area (TPSA) is 0 Å². The maximum absolute atomic E-state index is 3.26. The third-order valence-corrected chi connectivity index (χ3v) is 2.72. The first-order valence-corrected chi connectivity index (χ1v) is 4.46. The Bertz CT molecular complexity index is 385. The molecule has 0 saturated heterocycles. The molecular formula is C10H9S. The average Bonchev–Trinajstić information content (AvgIpc) is 2.33. The molecule has 0 aliphatic carbocycles. The minimum atomic E-state index is 1.25. The molecule has 0 unspecified atom stereocenters. The molecule has 0 atom stereocenters. The van der Waals surface area contributed by atoms with Crippen molar-refractivity contribution in [2.45, 2.75) is 13.8 Å². The van der Waals surface area contributed by atoms with E-state index in [0.29, 0.717) is 0 Å². The zero-order chi connectivity index (χ0) is 7.84. The number of aryl methyl sites for hydroxylation is 2. The van der Waals surface area contributed by atoms with Gasteiger partial charge in [0.1, 0.15) is 0 Å². The standard InChI is InChI=1S/C10H9S/c1-7-3-4-9-6-11-8(2)10(9)5-7/h3-5H,1-2H3. The summed E-state index contributed by atoms with van der Waals surface area (Å²) in [6.45, 7) is 4.26. The van der Waals surface area contributed by atoms with Crippen molar-refractivity contribution < 1.29 is 0 Å². The van der Waals surface area contributed by atoms with Crippen LogP contribution in [-0.2, 0) is 0 Å². The highest BCUT2D eigenvalue weighted by atomic mass is 32.1. The Hall–Kier alpha value is -0.820. The van der Waals surface area contributed by atoms with Crippen molar-refractivity contribution in [3.63, 3.8) is 0 Å². The highest BCUT2D eigenvalue weighted by molar-refractivity contribution is 7.11. The molecule has 1 aromatic carbocycles. The summed E-state index contributed by atoms with van der Waals surface area (Å²) in [5.41, 5.74) is 1.33. The second-order valence-corrected chi connectivity index (χ2v) is 3.83. The predicted octanol–water partition coefficient (Wildman–Crippen LogP) is 3.32. The van der Waals surface area contributed by atoms with E-state index in [1.807, 2.05) is 0 Å². The van der Waals surface area contributed by atoms with Gasteiger partial charge in [0, 0.05) is 10.3 Å². The molecule has 1 heterocycles. The SMILES string of the molecule is Cc1ccc2[c]sc(C)c2c1. The second-order valence-electron chi connectivity index (χ2n) is 2.81. The van der Waals surface area contributed by atoms with Crippen molar-refractivity contribution in [2.24, 2.45) is 0 Å². The largest absolute Gasteiger partial charge is 0.138 e. The van der Waals surface area contributed by atoms with Gasteiger partial charge >= 0.3 is 0 Å². The van der Waals surface area contributed by atoms with E-state index in [9.17, 15) is 0 Å². The van der Waals surface area contributed by atoms with Crippen LogP contribution in [0, 0.1) is 19.2 Å². The summed E-state index contributed by atoms with van der Waals surface area (Å²) in [7, 11) is 0. The van der Waals surface area contributed by atoms with Gasteiger partial charge < -0.3 is 0 Å². The Morgan fingerprint density at radius 2 is 2.09 bits per heavy atom. The lowest BCUT2D eigenvalue weighted by Crippen LogP contribution is -1.70. The fraction of sp³-hybridized carbons (Fsp3) is 0.200. The Kier molecular flexibility index (Phi) is 1.46. The van der Waals surface area contributed by atoms with Gasteiger partial charge in [0.25, 0.3) is 0 Å². The first-order valence-electron chi connectivity index (χ1n) is 3.65. The molecule has 0 fully saturated rings. The molecule has 0 amide bonds. The maximum Gasteiger partial charge on any atom is 0.0530 e. The lowest BCUT2D eigenvalue weighted by molar-refractivity contribution is 1.50. The van der Waals surface area contributed by atoms with Crippen LogP contribution < -0.4 is 0 Å². The smallest absolute Gasteiger partial charge is 0.0530 e. The van der Waals surface area contributed by atoms with E-state index in [0.717, 1.165) is 0 Å². The normalized spacial score (nSPS) is 10.7. The summed E-state index contributed by atoms with van der Waals surface area (Å²) in [5, 5.41) is 5.86. The summed E-state index contributed by atoms with van der Waals surface area (Å²) < 4.78 is 0. The van der Waals surface area contributed by atoms with Gasteiger partial charge in [0.2, 0.25) is 0 Å². The zero-order valence-electron chi connectivity index (χ0n) is 6.64. The highest BCUT2D eigenvalue weighted by Gasteiger charge is 1.98. The van der Waals surface area contributed by atoms with E-state index < -0.39 is 0 Å². The minimum Gasteiger partial charge on any atom is -0.138 e. The van der Waals surface area contributed by atoms with Crippen LogP contribution in [0.1, 0.15) is 10.4 Å². The van der Waals surface area contributed by atoms with Crippen LogP contribution in [0.15, 0.2) is 18.2 Å². The van der Waals surface area contributed by atoms with Crippen LogP contribution >= 0.6 is 11.3 Å². The van der Waals surface area contributed by atoms with E-state index in [-0.39, 0.29) is 0 Å². The molecule has 2 aromatic rings. The molecule has 1 heteroatoms. The van der Waals surface area contributed by atoms with E-state index in [4.69, 9.17) is 0 Å². The molecule has 2 rings (SSSR count). The summed E-state index contributed by atoms with van der Waals surface area (Å²) in [5.74, 6) is 0. The van der Waals surface area contributed by atoms with Gasteiger partial charge in [-0.15, -0.1) is 11.3 Å². The molecule has 0 N–H and O–H groups in total. The Balaban J connectivity index is 2.87. The molecule has 0 aliphatic rings. The highest BCUT2D eigenvalue weighted by Crippen LogP contribution is 2.24. The Morgan fingerprint density at radius 3 is 2.91 bits per heavy atom. The quantitative estimate of drug-likeness (QED) is 0.556. The van der Waals surface area contributed by atoms with E-state index >= 15 is 0 Å². The first-order chi connectivity index (χ1) is 5.27. The van der Waals surface area contributed by atoms with Crippen LogP contribution in [0.25, 0.3) is 10.8 Å². The molecular weight excluding hydrogens is 152 g/mol. The molecule has 0 spiro atoms. The van der Waals surface area contributed by atoms with Gasteiger partial charge in [-0.2, -0.15) is 0 Å². The molecule has 11 heavy (non-hydrogen) atoms. The van der Waals surface area contributed by atoms with Crippen LogP contribution in [0.5, 0.6) is 0 Å². The van der Waals surface area contributed by atoms with Crippen LogP contribution in [0.4, 0.5) is 0 Å². The number of thiophene rings is 1. The lowest BCUT2D eigenvalue weighted by Gasteiger charge is -1.92. The fourth-order valence-corrected chi connectivity index (χ4v) is 1.94. The Morgan fingerprint density at radius 1 is 1.27 bits per heavy atom. The molecule has 1 radical (unpaired) electrons. The van der Waals surface area contributed by atoms with Gasteiger partial charge in [-0.3, -0.25) is 0 Å². The second kappa shape index (κ2) is 2.35. The summed E-state index contributed by atoms with van der Waals surface area (Å²) in [6.07, 6.45) is 0. The molecule has 55 valence electrons. The zero-order valence-corrected chi connectivity index (χ0v) is 7.46. The van der Waals surface area contributed by atoms with Gasteiger partial charge in [0.15, 0.2) is 0 Å². The summed E-state index contributed by atoms with van der Waals surface area (Å²) in [4.78, 5) is 1.36. The predicted molar refractivity (Wildman–Crippen MR) is 50.1 cm³/mol. The molecule has 0 bridgehead atoms. The number of hydrogen-bond donors (Lipinski definition) is 0. The van der Waals surface area contributed by atoms with Crippen molar-refractivity contribution in [1.29, 1.82) is 0 Å². The van der Waals surface area contributed by atoms with Gasteiger partial charge in [-0.05, 0) is 19.2 Å². The molecule has 0 saturated carbocycles. The molecule has 0 aliphatic heterocycles. The van der Waals surface area contributed by atoms with Crippen LogP contribution in [0.2, 0.25) is 0 Å².